The van der Waals surface area contributed by atoms with Gasteiger partial charge in [0.05, 0.1) is 0 Å². The highest BCUT2D eigenvalue weighted by Gasteiger charge is 2.25. The number of amides is 2. The molecule has 0 fully saturated rings. The molecule has 1 atom stereocenters. The van der Waals surface area contributed by atoms with E-state index < -0.39 is 17.7 Å². The molecule has 1 aromatic rings. The predicted octanol–water partition coefficient (Wildman–Crippen LogP) is 3.63. The van der Waals surface area contributed by atoms with Gasteiger partial charge in [-0.15, -0.1) is 0 Å². The van der Waals surface area contributed by atoms with Crippen LogP contribution in [0.1, 0.15) is 46.6 Å². The Morgan fingerprint density at radius 2 is 1.85 bits per heavy atom. The number of rotatable bonds is 7. The van der Waals surface area contributed by atoms with Crippen LogP contribution in [0.15, 0.2) is 24.3 Å². The van der Waals surface area contributed by atoms with E-state index in [0.717, 1.165) is 12.1 Å². The molecule has 0 spiro atoms. The van der Waals surface area contributed by atoms with Gasteiger partial charge in [-0.25, -0.2) is 4.79 Å². The number of benzene rings is 1. The molecule has 146 valence electrons. The molecule has 0 bridgehead atoms. The highest BCUT2D eigenvalue weighted by Crippen LogP contribution is 2.14. The van der Waals surface area contributed by atoms with Gasteiger partial charge >= 0.3 is 6.09 Å². The molecule has 2 N–H and O–H groups in total. The number of ether oxygens (including phenoxy) is 1. The van der Waals surface area contributed by atoms with Crippen molar-refractivity contribution in [2.45, 2.75) is 59.2 Å². The lowest BCUT2D eigenvalue weighted by Gasteiger charge is -2.24. The smallest absolute Gasteiger partial charge is 0.408 e. The molecule has 6 nitrogen and oxygen atoms in total. The first kappa shape index (κ1) is 22.0. The van der Waals surface area contributed by atoms with Gasteiger partial charge in [0.15, 0.2) is 0 Å². The zero-order chi connectivity index (χ0) is 19.9. The Labute approximate surface area is 157 Å². The van der Waals surface area contributed by atoms with Crippen molar-refractivity contribution in [3.63, 3.8) is 0 Å². The van der Waals surface area contributed by atoms with Crippen LogP contribution in [0.5, 0.6) is 0 Å². The van der Waals surface area contributed by atoms with Crippen LogP contribution in [-0.2, 0) is 16.1 Å². The van der Waals surface area contributed by atoms with Gasteiger partial charge < -0.3 is 20.3 Å². The quantitative estimate of drug-likeness (QED) is 0.776. The minimum absolute atomic E-state index is 0.244. The molecule has 2 amide bonds. The number of hydrogen-bond acceptors (Lipinski definition) is 4. The van der Waals surface area contributed by atoms with Crippen LogP contribution >= 0.6 is 0 Å². The fourth-order valence-electron chi connectivity index (χ4n) is 2.49. The molecule has 0 saturated heterocycles. The van der Waals surface area contributed by atoms with Gasteiger partial charge in [0, 0.05) is 12.2 Å². The number of anilines is 1. The molecule has 26 heavy (non-hydrogen) atoms. The second-order valence-electron chi connectivity index (χ2n) is 8.26. The van der Waals surface area contributed by atoms with Crippen molar-refractivity contribution in [3.05, 3.63) is 29.8 Å². The summed E-state index contributed by atoms with van der Waals surface area (Å²) in [7, 11) is 3.99. The van der Waals surface area contributed by atoms with E-state index in [1.807, 2.05) is 52.2 Å². The summed E-state index contributed by atoms with van der Waals surface area (Å²) in [4.78, 5) is 26.8. The molecule has 1 rings (SSSR count). The van der Waals surface area contributed by atoms with Crippen LogP contribution in [0.4, 0.5) is 10.5 Å². The van der Waals surface area contributed by atoms with Crippen molar-refractivity contribution in [2.75, 3.05) is 19.4 Å². The summed E-state index contributed by atoms with van der Waals surface area (Å²) in [5.41, 5.74) is 1.21. The zero-order valence-electron chi connectivity index (χ0n) is 17.1. The minimum Gasteiger partial charge on any atom is -0.444 e. The first-order chi connectivity index (χ1) is 12.0. The number of carbonyl (C=O) groups is 2. The lowest BCUT2D eigenvalue weighted by Crippen LogP contribution is -2.46. The summed E-state index contributed by atoms with van der Waals surface area (Å²) < 4.78 is 5.28. The summed E-state index contributed by atoms with van der Waals surface area (Å²) in [6.45, 7) is 10.2. The van der Waals surface area contributed by atoms with E-state index in [2.05, 4.69) is 15.5 Å². The van der Waals surface area contributed by atoms with Gasteiger partial charge in [0.25, 0.3) is 0 Å². The first-order valence-corrected chi connectivity index (χ1v) is 9.00. The molecule has 0 heterocycles. The van der Waals surface area contributed by atoms with Gasteiger partial charge in [-0.05, 0) is 64.9 Å². The molecule has 0 aliphatic carbocycles. The fourth-order valence-corrected chi connectivity index (χ4v) is 2.49. The molecule has 0 aromatic heterocycles. The third kappa shape index (κ3) is 8.85. The van der Waals surface area contributed by atoms with Crippen LogP contribution < -0.4 is 10.6 Å². The minimum atomic E-state index is -0.651. The summed E-state index contributed by atoms with van der Waals surface area (Å²) in [6, 6.07) is 7.06. The number of carbonyl (C=O) groups excluding carboxylic acids is 2. The highest BCUT2D eigenvalue weighted by atomic mass is 16.6. The van der Waals surface area contributed by atoms with Crippen LogP contribution in [0.2, 0.25) is 0 Å². The van der Waals surface area contributed by atoms with Crippen molar-refractivity contribution >= 4 is 17.7 Å². The number of alkyl carbamates (subject to hydrolysis) is 1. The topological polar surface area (TPSA) is 70.7 Å². The molecule has 0 aliphatic heterocycles. The standard InChI is InChI=1S/C20H33N3O3/c1-14(2)11-17(22-19(25)26-20(3,4)5)18(24)21-16-10-8-9-15(12-16)13-23(6)7/h8-10,12,14,17H,11,13H2,1-7H3,(H,21,24)(H,22,25). The summed E-state index contributed by atoms with van der Waals surface area (Å²) >= 11 is 0. The molecule has 0 radical (unpaired) electrons. The number of nitrogens with zero attached hydrogens (tertiary/aromatic N) is 1. The predicted molar refractivity (Wildman–Crippen MR) is 105 cm³/mol. The third-order valence-corrected chi connectivity index (χ3v) is 3.41. The first-order valence-electron chi connectivity index (χ1n) is 9.00. The van der Waals surface area contributed by atoms with Crippen molar-refractivity contribution in [1.29, 1.82) is 0 Å². The highest BCUT2D eigenvalue weighted by molar-refractivity contribution is 5.96. The van der Waals surface area contributed by atoms with Gasteiger partial charge in [-0.2, -0.15) is 0 Å². The Bertz CT molecular complexity index is 607. The van der Waals surface area contributed by atoms with Gasteiger partial charge in [-0.3, -0.25) is 4.79 Å². The maximum Gasteiger partial charge on any atom is 0.408 e. The Morgan fingerprint density at radius 1 is 1.19 bits per heavy atom. The Morgan fingerprint density at radius 3 is 2.38 bits per heavy atom. The maximum absolute atomic E-state index is 12.7. The molecule has 0 saturated carbocycles. The van der Waals surface area contributed by atoms with E-state index in [9.17, 15) is 9.59 Å². The van der Waals surface area contributed by atoms with E-state index >= 15 is 0 Å². The molecule has 1 unspecified atom stereocenters. The van der Waals surface area contributed by atoms with Crippen LogP contribution in [0.25, 0.3) is 0 Å². The average Bonchev–Trinajstić information content (AvgIpc) is 2.43. The van der Waals surface area contributed by atoms with Crippen LogP contribution in [0.3, 0.4) is 0 Å². The van der Waals surface area contributed by atoms with E-state index in [-0.39, 0.29) is 11.8 Å². The molecule has 6 heteroatoms. The number of nitrogens with one attached hydrogen (secondary N) is 2. The normalized spacial score (nSPS) is 12.8. The molecule has 1 aromatic carbocycles. The Kier molecular flexibility index (Phi) is 8.08. The van der Waals surface area contributed by atoms with Crippen LogP contribution in [-0.4, -0.2) is 42.6 Å². The third-order valence-electron chi connectivity index (χ3n) is 3.41. The Hall–Kier alpha value is -2.08. The van der Waals surface area contributed by atoms with Gasteiger partial charge in [0.2, 0.25) is 5.91 Å². The fraction of sp³-hybridized carbons (Fsp3) is 0.600. The van der Waals surface area contributed by atoms with Gasteiger partial charge in [0.1, 0.15) is 11.6 Å². The molecular weight excluding hydrogens is 330 g/mol. The SMILES string of the molecule is CC(C)CC(NC(=O)OC(C)(C)C)C(=O)Nc1cccc(CN(C)C)c1. The molecular formula is C20H33N3O3. The lowest BCUT2D eigenvalue weighted by atomic mass is 10.0. The van der Waals surface area contributed by atoms with E-state index in [1.165, 1.54) is 0 Å². The van der Waals surface area contributed by atoms with E-state index in [4.69, 9.17) is 4.74 Å². The largest absolute Gasteiger partial charge is 0.444 e. The van der Waals surface area contributed by atoms with Gasteiger partial charge in [-0.1, -0.05) is 26.0 Å². The summed E-state index contributed by atoms with van der Waals surface area (Å²) in [5.74, 6) is 0.00678. The summed E-state index contributed by atoms with van der Waals surface area (Å²) in [5, 5.41) is 5.59. The second kappa shape index (κ2) is 9.57. The average molecular weight is 364 g/mol. The van der Waals surface area contributed by atoms with Crippen molar-refractivity contribution in [3.8, 4) is 0 Å². The van der Waals surface area contributed by atoms with Crippen molar-refractivity contribution in [1.82, 2.24) is 10.2 Å². The number of hydrogen-bond donors (Lipinski definition) is 2. The second-order valence-corrected chi connectivity index (χ2v) is 8.26. The van der Waals surface area contributed by atoms with Crippen molar-refractivity contribution in [2.24, 2.45) is 5.92 Å². The zero-order valence-corrected chi connectivity index (χ0v) is 17.1. The maximum atomic E-state index is 12.7. The summed E-state index contributed by atoms with van der Waals surface area (Å²) in [6.07, 6.45) is -0.0534. The lowest BCUT2D eigenvalue weighted by molar-refractivity contribution is -0.118. The molecule has 0 aliphatic rings. The van der Waals surface area contributed by atoms with Crippen LogP contribution in [0, 0.1) is 5.92 Å². The van der Waals surface area contributed by atoms with E-state index in [1.54, 1.807) is 20.8 Å². The van der Waals surface area contributed by atoms with Crippen molar-refractivity contribution < 1.29 is 14.3 Å². The Balaban J connectivity index is 2.81. The van der Waals surface area contributed by atoms with E-state index in [0.29, 0.717) is 12.1 Å². The monoisotopic (exact) mass is 363 g/mol.